The van der Waals surface area contributed by atoms with Crippen molar-refractivity contribution < 1.29 is 5.21 Å². The summed E-state index contributed by atoms with van der Waals surface area (Å²) in [5, 5.41) is 15.8. The zero-order valence-electron chi connectivity index (χ0n) is 10.8. The number of para-hydroxylation sites is 1. The van der Waals surface area contributed by atoms with E-state index in [1.165, 1.54) is 0 Å². The zero-order valence-corrected chi connectivity index (χ0v) is 11.6. The fourth-order valence-electron chi connectivity index (χ4n) is 1.95. The molecular weight excluding hydrogens is 274 g/mol. The van der Waals surface area contributed by atoms with E-state index in [0.717, 1.165) is 11.3 Å². The Morgan fingerprint density at radius 2 is 1.80 bits per heavy atom. The van der Waals surface area contributed by atoms with E-state index in [0.29, 0.717) is 11.4 Å². The zero-order chi connectivity index (χ0) is 14.4. The largest absolute Gasteiger partial charge is 0.409 e. The van der Waals surface area contributed by atoms with Gasteiger partial charge in [0.15, 0.2) is 0 Å². The number of anilines is 1. The van der Waals surface area contributed by atoms with E-state index < -0.39 is 0 Å². The van der Waals surface area contributed by atoms with Crippen molar-refractivity contribution >= 4 is 23.1 Å². The molecule has 0 aliphatic carbocycles. The summed E-state index contributed by atoms with van der Waals surface area (Å²) in [4.78, 5) is 0. The molecule has 4 N–H and O–H groups in total. The summed E-state index contributed by atoms with van der Waals surface area (Å²) in [6.45, 7) is 0. The minimum Gasteiger partial charge on any atom is -0.409 e. The lowest BCUT2D eigenvalue weighted by molar-refractivity contribution is 0.316. The SMILES string of the molecule is NC(CC(Nc1ccccc1Cl)c1ccccc1)=NO. The van der Waals surface area contributed by atoms with Gasteiger partial charge in [-0.3, -0.25) is 0 Å². The monoisotopic (exact) mass is 289 g/mol. The second kappa shape index (κ2) is 6.82. The van der Waals surface area contributed by atoms with Crippen LogP contribution < -0.4 is 11.1 Å². The van der Waals surface area contributed by atoms with E-state index in [2.05, 4.69) is 10.5 Å². The van der Waals surface area contributed by atoms with Crippen molar-refractivity contribution in [3.05, 3.63) is 65.2 Å². The molecule has 2 rings (SSSR count). The van der Waals surface area contributed by atoms with Gasteiger partial charge in [-0.15, -0.1) is 0 Å². The van der Waals surface area contributed by atoms with Gasteiger partial charge in [-0.05, 0) is 17.7 Å². The maximum absolute atomic E-state index is 8.76. The van der Waals surface area contributed by atoms with Gasteiger partial charge >= 0.3 is 0 Å². The number of nitrogens with zero attached hydrogens (tertiary/aromatic N) is 1. The number of hydrogen-bond donors (Lipinski definition) is 3. The predicted molar refractivity (Wildman–Crippen MR) is 82.3 cm³/mol. The van der Waals surface area contributed by atoms with Gasteiger partial charge in [-0.2, -0.15) is 0 Å². The van der Waals surface area contributed by atoms with Gasteiger partial charge in [0, 0.05) is 6.42 Å². The van der Waals surface area contributed by atoms with Crippen LogP contribution in [0.2, 0.25) is 5.02 Å². The van der Waals surface area contributed by atoms with Gasteiger partial charge in [0.25, 0.3) is 0 Å². The highest BCUT2D eigenvalue weighted by atomic mass is 35.5. The van der Waals surface area contributed by atoms with Crippen LogP contribution in [0.3, 0.4) is 0 Å². The van der Waals surface area contributed by atoms with Crippen molar-refractivity contribution in [2.75, 3.05) is 5.32 Å². The van der Waals surface area contributed by atoms with Crippen molar-refractivity contribution in [2.24, 2.45) is 10.9 Å². The molecule has 2 aromatic rings. The summed E-state index contributed by atoms with van der Waals surface area (Å²) in [6.07, 6.45) is 0.381. The summed E-state index contributed by atoms with van der Waals surface area (Å²) in [5.74, 6) is 0.165. The van der Waals surface area contributed by atoms with Crippen LogP contribution in [-0.2, 0) is 0 Å². The highest BCUT2D eigenvalue weighted by molar-refractivity contribution is 6.33. The summed E-state index contributed by atoms with van der Waals surface area (Å²) < 4.78 is 0. The average molecular weight is 290 g/mol. The second-order valence-corrected chi connectivity index (χ2v) is 4.79. The number of oxime groups is 1. The summed E-state index contributed by atoms with van der Waals surface area (Å²) in [7, 11) is 0. The highest BCUT2D eigenvalue weighted by Gasteiger charge is 2.14. The number of halogens is 1. The number of benzene rings is 2. The lowest BCUT2D eigenvalue weighted by atomic mass is 10.0. The third-order valence-corrected chi connectivity index (χ3v) is 3.28. The molecular formula is C15H16ClN3O. The molecule has 0 radical (unpaired) electrons. The van der Waals surface area contributed by atoms with Crippen LogP contribution in [0.5, 0.6) is 0 Å². The molecule has 20 heavy (non-hydrogen) atoms. The van der Waals surface area contributed by atoms with Gasteiger partial charge in [0.05, 0.1) is 16.8 Å². The van der Waals surface area contributed by atoms with Crippen molar-refractivity contribution in [2.45, 2.75) is 12.5 Å². The molecule has 1 atom stereocenters. The van der Waals surface area contributed by atoms with Gasteiger partial charge in [-0.25, -0.2) is 0 Å². The first kappa shape index (κ1) is 14.2. The molecule has 0 aromatic heterocycles. The van der Waals surface area contributed by atoms with Gasteiger partial charge in [0.2, 0.25) is 0 Å². The number of amidine groups is 1. The summed E-state index contributed by atoms with van der Waals surface area (Å²) in [5.41, 5.74) is 7.48. The molecule has 0 aliphatic heterocycles. The van der Waals surface area contributed by atoms with E-state index in [1.54, 1.807) is 0 Å². The molecule has 0 bridgehead atoms. The van der Waals surface area contributed by atoms with Crippen LogP contribution in [0.25, 0.3) is 0 Å². The third kappa shape index (κ3) is 3.65. The minimum absolute atomic E-state index is 0.119. The Bertz CT molecular complexity index is 587. The molecule has 0 amide bonds. The van der Waals surface area contributed by atoms with Crippen molar-refractivity contribution in [3.8, 4) is 0 Å². The molecule has 4 nitrogen and oxygen atoms in total. The minimum atomic E-state index is -0.119. The Kier molecular flexibility index (Phi) is 4.85. The number of nitrogens with one attached hydrogen (secondary N) is 1. The topological polar surface area (TPSA) is 70.6 Å². The quantitative estimate of drug-likeness (QED) is 0.341. The van der Waals surface area contributed by atoms with Crippen molar-refractivity contribution in [1.29, 1.82) is 0 Å². The standard InChI is InChI=1S/C15H16ClN3O/c16-12-8-4-5-9-13(12)18-14(10-15(17)19-20)11-6-2-1-3-7-11/h1-9,14,18,20H,10H2,(H2,17,19). The van der Waals surface area contributed by atoms with Crippen LogP contribution in [0.15, 0.2) is 59.8 Å². The number of hydrogen-bond acceptors (Lipinski definition) is 3. The Labute approximate surface area is 122 Å². The molecule has 5 heteroatoms. The van der Waals surface area contributed by atoms with E-state index in [-0.39, 0.29) is 11.9 Å². The van der Waals surface area contributed by atoms with Gasteiger partial charge < -0.3 is 16.3 Å². The molecule has 104 valence electrons. The van der Waals surface area contributed by atoms with Crippen LogP contribution in [0.1, 0.15) is 18.0 Å². The van der Waals surface area contributed by atoms with Crippen LogP contribution >= 0.6 is 11.6 Å². The Hall–Kier alpha value is -2.20. The van der Waals surface area contributed by atoms with Crippen LogP contribution in [-0.4, -0.2) is 11.0 Å². The van der Waals surface area contributed by atoms with E-state index in [4.69, 9.17) is 22.5 Å². The third-order valence-electron chi connectivity index (χ3n) is 2.95. The van der Waals surface area contributed by atoms with Gasteiger partial charge in [-0.1, -0.05) is 59.2 Å². The maximum atomic E-state index is 8.76. The van der Waals surface area contributed by atoms with Crippen LogP contribution in [0, 0.1) is 0 Å². The maximum Gasteiger partial charge on any atom is 0.141 e. The molecule has 0 aliphatic rings. The van der Waals surface area contributed by atoms with Crippen molar-refractivity contribution in [1.82, 2.24) is 0 Å². The molecule has 2 aromatic carbocycles. The van der Waals surface area contributed by atoms with E-state index in [9.17, 15) is 0 Å². The molecule has 0 heterocycles. The molecule has 0 fully saturated rings. The second-order valence-electron chi connectivity index (χ2n) is 4.38. The van der Waals surface area contributed by atoms with Crippen molar-refractivity contribution in [3.63, 3.8) is 0 Å². The normalized spacial score (nSPS) is 12.9. The molecule has 0 spiro atoms. The first-order valence-corrected chi connectivity index (χ1v) is 6.61. The predicted octanol–water partition coefficient (Wildman–Crippen LogP) is 3.63. The molecule has 0 saturated heterocycles. The lowest BCUT2D eigenvalue weighted by Gasteiger charge is -2.20. The summed E-state index contributed by atoms with van der Waals surface area (Å²) in [6, 6.07) is 17.2. The smallest absolute Gasteiger partial charge is 0.141 e. The fraction of sp³-hybridized carbons (Fsp3) is 0.133. The first-order valence-electron chi connectivity index (χ1n) is 6.23. The van der Waals surface area contributed by atoms with E-state index in [1.807, 2.05) is 54.6 Å². The Morgan fingerprint density at radius 3 is 2.45 bits per heavy atom. The summed E-state index contributed by atoms with van der Waals surface area (Å²) >= 11 is 6.15. The molecule has 1 unspecified atom stereocenters. The Balaban J connectivity index is 2.26. The fourth-order valence-corrected chi connectivity index (χ4v) is 2.14. The van der Waals surface area contributed by atoms with Crippen LogP contribution in [0.4, 0.5) is 5.69 Å². The first-order chi connectivity index (χ1) is 9.70. The number of nitrogens with two attached hydrogens (primary N) is 1. The average Bonchev–Trinajstić information content (AvgIpc) is 2.49. The molecule has 0 saturated carbocycles. The Morgan fingerprint density at radius 1 is 1.15 bits per heavy atom. The highest BCUT2D eigenvalue weighted by Crippen LogP contribution is 2.27. The number of rotatable bonds is 5. The lowest BCUT2D eigenvalue weighted by Crippen LogP contribution is -2.21. The van der Waals surface area contributed by atoms with Gasteiger partial charge in [0.1, 0.15) is 5.84 Å². The van der Waals surface area contributed by atoms with E-state index >= 15 is 0 Å².